The molecule has 1 heterocycles. The molecule has 36 heavy (non-hydrogen) atoms. The van der Waals surface area contributed by atoms with Crippen LogP contribution in [-0.4, -0.2) is 47.2 Å². The van der Waals surface area contributed by atoms with Gasteiger partial charge in [0.25, 0.3) is 0 Å². The van der Waals surface area contributed by atoms with Gasteiger partial charge < -0.3 is 15.6 Å². The molecule has 1 aromatic carbocycles. The van der Waals surface area contributed by atoms with Gasteiger partial charge in [-0.15, -0.1) is 0 Å². The Labute approximate surface area is 213 Å². The van der Waals surface area contributed by atoms with Crippen LogP contribution in [0.25, 0.3) is 11.3 Å². The molecular formula is C27H36N6O3. The zero-order valence-corrected chi connectivity index (χ0v) is 22.3. The van der Waals surface area contributed by atoms with Gasteiger partial charge in [0.2, 0.25) is 12.3 Å². The number of aliphatic imine (C=N–C) groups is 2. The average molecular weight is 493 g/mol. The summed E-state index contributed by atoms with van der Waals surface area (Å²) in [6.45, 7) is 12.7. The van der Waals surface area contributed by atoms with Crippen LogP contribution < -0.4 is 10.6 Å². The molecule has 3 N–H and O–H groups in total. The van der Waals surface area contributed by atoms with Crippen molar-refractivity contribution in [1.82, 2.24) is 9.97 Å². The molecule has 1 aromatic heterocycles. The third kappa shape index (κ3) is 7.32. The molecule has 0 fully saturated rings. The van der Waals surface area contributed by atoms with Gasteiger partial charge in [0.05, 0.1) is 11.4 Å². The first kappa shape index (κ1) is 28.4. The number of ether oxygens (including phenoxy) is 1. The quantitative estimate of drug-likeness (QED) is 0.234. The SMILES string of the molecule is CN=C/C=C(\N)COC(/N=C(/C)N(C=O)c1cc(-c2nc(C(C)(C)O)ncc2C)ccc1C)=C(C)C. The van der Waals surface area contributed by atoms with Crippen molar-refractivity contribution < 1.29 is 14.6 Å². The molecule has 0 spiro atoms. The Hall–Kier alpha value is -3.85. The maximum atomic E-state index is 12.2. The summed E-state index contributed by atoms with van der Waals surface area (Å²) in [6, 6.07) is 5.72. The lowest BCUT2D eigenvalue weighted by Crippen LogP contribution is -2.28. The Kier molecular flexibility index (Phi) is 9.63. The predicted molar refractivity (Wildman–Crippen MR) is 145 cm³/mol. The summed E-state index contributed by atoms with van der Waals surface area (Å²) >= 11 is 0. The number of amidine groups is 1. The summed E-state index contributed by atoms with van der Waals surface area (Å²) in [5.74, 6) is 1.12. The van der Waals surface area contributed by atoms with Crippen LogP contribution in [0.5, 0.6) is 0 Å². The van der Waals surface area contributed by atoms with Crippen molar-refractivity contribution in [3.63, 3.8) is 0 Å². The maximum absolute atomic E-state index is 12.2. The van der Waals surface area contributed by atoms with Gasteiger partial charge in [0.15, 0.2) is 5.82 Å². The van der Waals surface area contributed by atoms with Crippen LogP contribution in [0.1, 0.15) is 51.6 Å². The van der Waals surface area contributed by atoms with Gasteiger partial charge in [-0.05, 0) is 77.3 Å². The van der Waals surface area contributed by atoms with Crippen LogP contribution in [-0.2, 0) is 15.1 Å². The van der Waals surface area contributed by atoms with Crippen molar-refractivity contribution in [3.8, 4) is 11.3 Å². The van der Waals surface area contributed by atoms with Crippen LogP contribution in [0.15, 0.2) is 57.6 Å². The van der Waals surface area contributed by atoms with Gasteiger partial charge in [-0.3, -0.25) is 14.7 Å². The molecule has 1 amide bonds. The van der Waals surface area contributed by atoms with E-state index < -0.39 is 5.60 Å². The first-order valence-electron chi connectivity index (χ1n) is 11.5. The molecule has 9 nitrogen and oxygen atoms in total. The second kappa shape index (κ2) is 12.2. The third-order valence-corrected chi connectivity index (χ3v) is 5.22. The van der Waals surface area contributed by atoms with Gasteiger partial charge in [0.1, 0.15) is 18.0 Å². The summed E-state index contributed by atoms with van der Waals surface area (Å²) in [6.07, 6.45) is 5.65. The van der Waals surface area contributed by atoms with E-state index in [0.29, 0.717) is 41.0 Å². The van der Waals surface area contributed by atoms with Crippen molar-refractivity contribution in [2.45, 2.75) is 54.1 Å². The van der Waals surface area contributed by atoms with Gasteiger partial charge in [-0.1, -0.05) is 12.1 Å². The second-order valence-corrected chi connectivity index (χ2v) is 9.16. The van der Waals surface area contributed by atoms with Crippen LogP contribution in [0.4, 0.5) is 5.69 Å². The lowest BCUT2D eigenvalue weighted by atomic mass is 10.0. The molecule has 0 aliphatic heterocycles. The number of aryl methyl sites for hydroxylation is 2. The number of aliphatic hydroxyl groups is 1. The van der Waals surface area contributed by atoms with Crippen LogP contribution in [0.3, 0.4) is 0 Å². The largest absolute Gasteiger partial charge is 0.471 e. The monoisotopic (exact) mass is 492 g/mol. The number of benzene rings is 1. The minimum Gasteiger partial charge on any atom is -0.471 e. The molecule has 0 aliphatic rings. The zero-order valence-electron chi connectivity index (χ0n) is 22.3. The van der Waals surface area contributed by atoms with Gasteiger partial charge >= 0.3 is 0 Å². The maximum Gasteiger partial charge on any atom is 0.219 e. The van der Waals surface area contributed by atoms with E-state index in [1.807, 2.05) is 45.9 Å². The Bertz CT molecular complexity index is 1220. The normalized spacial score (nSPS) is 12.6. The lowest BCUT2D eigenvalue weighted by molar-refractivity contribution is -0.106. The lowest BCUT2D eigenvalue weighted by Gasteiger charge is -2.22. The molecule has 0 bridgehead atoms. The fourth-order valence-corrected chi connectivity index (χ4v) is 3.21. The second-order valence-electron chi connectivity index (χ2n) is 9.16. The van der Waals surface area contributed by atoms with Crippen LogP contribution >= 0.6 is 0 Å². The number of nitrogens with two attached hydrogens (primary N) is 1. The number of aromatic nitrogens is 2. The molecule has 2 rings (SSSR count). The van der Waals surface area contributed by atoms with E-state index in [-0.39, 0.29) is 6.61 Å². The average Bonchev–Trinajstić information content (AvgIpc) is 2.81. The highest BCUT2D eigenvalue weighted by molar-refractivity contribution is 6.09. The van der Waals surface area contributed by atoms with Gasteiger partial charge in [-0.25, -0.2) is 15.0 Å². The summed E-state index contributed by atoms with van der Waals surface area (Å²) in [7, 11) is 1.66. The van der Waals surface area contributed by atoms with E-state index in [2.05, 4.69) is 20.0 Å². The predicted octanol–water partition coefficient (Wildman–Crippen LogP) is 4.18. The number of anilines is 1. The number of carbonyl (C=O) groups is 1. The van der Waals surface area contributed by atoms with E-state index in [1.54, 1.807) is 46.3 Å². The zero-order chi connectivity index (χ0) is 27.0. The molecule has 9 heteroatoms. The Balaban J connectivity index is 2.47. The molecule has 0 aliphatic carbocycles. The van der Waals surface area contributed by atoms with Crippen molar-refractivity contribution in [1.29, 1.82) is 0 Å². The van der Waals surface area contributed by atoms with Crippen molar-refractivity contribution >= 4 is 24.1 Å². The Morgan fingerprint density at radius 2 is 1.92 bits per heavy atom. The molecule has 2 aromatic rings. The van der Waals surface area contributed by atoms with Crippen LogP contribution in [0, 0.1) is 13.8 Å². The standard InChI is InChI=1S/C27H36N6O3/c1-17(2)25(36-15-22(28)11-12-29-8)31-20(5)33(16-34)23-13-21(10-9-18(23)3)24-19(4)14-30-26(32-24)27(6,7)35/h9-14,16,35H,15,28H2,1-8H3/b22-11-,29-12?,31-20-. The number of amides is 1. The minimum atomic E-state index is -1.18. The summed E-state index contributed by atoms with van der Waals surface area (Å²) in [4.78, 5) is 31.0. The number of rotatable bonds is 9. The van der Waals surface area contributed by atoms with Crippen molar-refractivity contribution in [2.24, 2.45) is 15.7 Å². The van der Waals surface area contributed by atoms with E-state index in [1.165, 1.54) is 4.90 Å². The molecule has 0 saturated heterocycles. The molecule has 0 unspecified atom stereocenters. The van der Waals surface area contributed by atoms with Gasteiger partial charge in [0, 0.05) is 30.7 Å². The van der Waals surface area contributed by atoms with Crippen molar-refractivity contribution in [2.75, 3.05) is 18.6 Å². The highest BCUT2D eigenvalue weighted by Gasteiger charge is 2.22. The molecule has 192 valence electrons. The molecule has 0 atom stereocenters. The first-order valence-corrected chi connectivity index (χ1v) is 11.5. The van der Waals surface area contributed by atoms with E-state index in [4.69, 9.17) is 10.5 Å². The Morgan fingerprint density at radius 3 is 2.50 bits per heavy atom. The third-order valence-electron chi connectivity index (χ3n) is 5.22. The van der Waals surface area contributed by atoms with Gasteiger partial charge in [-0.2, -0.15) is 0 Å². The summed E-state index contributed by atoms with van der Waals surface area (Å²) < 4.78 is 5.80. The van der Waals surface area contributed by atoms with E-state index in [0.717, 1.165) is 22.3 Å². The molecular weight excluding hydrogens is 456 g/mol. The number of hydrogen-bond acceptors (Lipinski definition) is 8. The topological polar surface area (TPSA) is 126 Å². The fraction of sp³-hybridized carbons (Fsp3) is 0.370. The van der Waals surface area contributed by atoms with Crippen molar-refractivity contribution in [3.05, 3.63) is 64.6 Å². The number of nitrogens with zero attached hydrogens (tertiary/aromatic N) is 5. The Morgan fingerprint density at radius 1 is 1.22 bits per heavy atom. The molecule has 0 radical (unpaired) electrons. The number of carbonyl (C=O) groups excluding carboxylic acids is 1. The van der Waals surface area contributed by atoms with E-state index >= 15 is 0 Å². The smallest absolute Gasteiger partial charge is 0.219 e. The number of hydrogen-bond donors (Lipinski definition) is 2. The highest BCUT2D eigenvalue weighted by Crippen LogP contribution is 2.30. The number of allylic oxidation sites excluding steroid dienone is 2. The fourth-order valence-electron chi connectivity index (χ4n) is 3.21. The van der Waals surface area contributed by atoms with E-state index in [9.17, 15) is 9.90 Å². The molecule has 0 saturated carbocycles. The summed E-state index contributed by atoms with van der Waals surface area (Å²) in [5, 5.41) is 10.4. The van der Waals surface area contributed by atoms with Crippen LogP contribution in [0.2, 0.25) is 0 Å². The summed E-state index contributed by atoms with van der Waals surface area (Å²) in [5.41, 5.74) is 9.92. The first-order chi connectivity index (χ1) is 16.9. The minimum absolute atomic E-state index is 0.134. The highest BCUT2D eigenvalue weighted by atomic mass is 16.5.